The predicted octanol–water partition coefficient (Wildman–Crippen LogP) is 5.48. The molecule has 0 radical (unpaired) electrons. The molecule has 5 heteroatoms. The molecule has 0 fully saturated rings. The van der Waals surface area contributed by atoms with Crippen molar-refractivity contribution in [2.75, 3.05) is 11.6 Å². The molecule has 4 rings (SSSR count). The van der Waals surface area contributed by atoms with Crippen LogP contribution in [0.2, 0.25) is 0 Å². The molecule has 1 N–H and O–H groups in total. The topological polar surface area (TPSA) is 42.2 Å². The Morgan fingerprint density at radius 1 is 1.00 bits per heavy atom. The Labute approximate surface area is 157 Å². The maximum absolute atomic E-state index is 4.81. The summed E-state index contributed by atoms with van der Waals surface area (Å²) < 4.78 is 2.04. The van der Waals surface area contributed by atoms with Gasteiger partial charge >= 0.3 is 0 Å². The Morgan fingerprint density at radius 3 is 2.42 bits per heavy atom. The average Bonchev–Trinajstić information content (AvgIpc) is 2.99. The second-order valence-electron chi connectivity index (χ2n) is 6.34. The minimum absolute atomic E-state index is 0.823. The number of nitrogens with zero attached hydrogens (tertiary/aromatic N) is 3. The number of imidazole rings is 1. The van der Waals surface area contributed by atoms with E-state index in [4.69, 9.17) is 4.98 Å². The Hall–Kier alpha value is -2.79. The first kappa shape index (κ1) is 16.7. The molecule has 0 aliphatic rings. The summed E-state index contributed by atoms with van der Waals surface area (Å²) in [6.45, 7) is 4.22. The zero-order chi connectivity index (χ0) is 18.1. The lowest BCUT2D eigenvalue weighted by Gasteiger charge is -2.11. The maximum atomic E-state index is 4.81. The molecule has 4 nitrogen and oxygen atoms in total. The van der Waals surface area contributed by atoms with Crippen molar-refractivity contribution in [1.82, 2.24) is 14.4 Å². The number of aryl methyl sites for hydroxylation is 2. The number of fused-ring (bicyclic) bond motifs is 1. The van der Waals surface area contributed by atoms with Gasteiger partial charge in [-0.3, -0.25) is 9.38 Å². The molecular weight excluding hydrogens is 340 g/mol. The molecule has 0 saturated carbocycles. The fourth-order valence-electron chi connectivity index (χ4n) is 3.16. The van der Waals surface area contributed by atoms with E-state index in [1.54, 1.807) is 24.2 Å². The Kier molecular flexibility index (Phi) is 4.39. The van der Waals surface area contributed by atoms with Crippen molar-refractivity contribution in [1.29, 1.82) is 0 Å². The van der Waals surface area contributed by atoms with Crippen LogP contribution in [0, 0.1) is 13.8 Å². The maximum Gasteiger partial charge on any atom is 0.157 e. The van der Waals surface area contributed by atoms with E-state index in [1.807, 2.05) is 10.6 Å². The number of benzene rings is 2. The first-order chi connectivity index (χ1) is 12.6. The number of anilines is 2. The second-order valence-corrected chi connectivity index (χ2v) is 7.22. The molecule has 26 heavy (non-hydrogen) atoms. The zero-order valence-corrected chi connectivity index (χ0v) is 15.8. The quantitative estimate of drug-likeness (QED) is 0.489. The first-order valence-corrected chi connectivity index (χ1v) is 9.68. The summed E-state index contributed by atoms with van der Waals surface area (Å²) >= 11 is 1.74. The number of hydrogen-bond acceptors (Lipinski definition) is 4. The molecule has 2 heterocycles. The molecule has 0 spiro atoms. The molecule has 0 atom stereocenters. The Morgan fingerprint density at radius 2 is 1.73 bits per heavy atom. The third-order valence-electron chi connectivity index (χ3n) is 4.28. The van der Waals surface area contributed by atoms with Crippen LogP contribution in [-0.4, -0.2) is 20.6 Å². The summed E-state index contributed by atoms with van der Waals surface area (Å²) in [5, 5.41) is 3.57. The van der Waals surface area contributed by atoms with Crippen LogP contribution in [0.3, 0.4) is 0 Å². The van der Waals surface area contributed by atoms with Gasteiger partial charge in [0.1, 0.15) is 11.5 Å². The van der Waals surface area contributed by atoms with Crippen LogP contribution in [0.5, 0.6) is 0 Å². The Bertz CT molecular complexity index is 1050. The van der Waals surface area contributed by atoms with Gasteiger partial charge in [0.2, 0.25) is 0 Å². The van der Waals surface area contributed by atoms with Gasteiger partial charge < -0.3 is 5.32 Å². The van der Waals surface area contributed by atoms with Gasteiger partial charge in [0, 0.05) is 28.5 Å². The molecule has 2 aromatic heterocycles. The van der Waals surface area contributed by atoms with Crippen molar-refractivity contribution < 1.29 is 0 Å². The summed E-state index contributed by atoms with van der Waals surface area (Å²) in [7, 11) is 0. The van der Waals surface area contributed by atoms with Crippen LogP contribution >= 0.6 is 11.8 Å². The summed E-state index contributed by atoms with van der Waals surface area (Å²) in [5.41, 5.74) is 6.34. The van der Waals surface area contributed by atoms with Gasteiger partial charge in [-0.1, -0.05) is 18.2 Å². The van der Waals surface area contributed by atoms with Crippen LogP contribution in [0.25, 0.3) is 16.9 Å². The number of nitrogens with one attached hydrogen (secondary N) is 1. The van der Waals surface area contributed by atoms with E-state index in [1.165, 1.54) is 16.0 Å². The lowest BCUT2D eigenvalue weighted by atomic mass is 10.1. The lowest BCUT2D eigenvalue weighted by molar-refractivity contribution is 1.13. The number of hydrogen-bond donors (Lipinski definition) is 1. The monoisotopic (exact) mass is 360 g/mol. The predicted molar refractivity (Wildman–Crippen MR) is 109 cm³/mol. The van der Waals surface area contributed by atoms with Crippen molar-refractivity contribution >= 4 is 28.9 Å². The molecule has 0 amide bonds. The molecule has 0 aliphatic carbocycles. The highest BCUT2D eigenvalue weighted by Gasteiger charge is 2.14. The summed E-state index contributed by atoms with van der Waals surface area (Å²) in [5.74, 6) is 0.948. The van der Waals surface area contributed by atoms with E-state index in [-0.39, 0.29) is 0 Å². The van der Waals surface area contributed by atoms with Gasteiger partial charge in [0.05, 0.1) is 6.20 Å². The van der Waals surface area contributed by atoms with E-state index < -0.39 is 0 Å². The number of rotatable bonds is 4. The number of thioether (sulfide) groups is 1. The van der Waals surface area contributed by atoms with Gasteiger partial charge in [-0.25, -0.2) is 4.98 Å². The fourth-order valence-corrected chi connectivity index (χ4v) is 3.57. The SMILES string of the molecule is CSc1ccc(-c2nc3cnccn3c2Nc2cc(C)cc(C)c2)cc1. The van der Waals surface area contributed by atoms with E-state index >= 15 is 0 Å². The lowest BCUT2D eigenvalue weighted by Crippen LogP contribution is -1.98. The van der Waals surface area contributed by atoms with Crippen molar-refractivity contribution in [3.8, 4) is 11.3 Å². The van der Waals surface area contributed by atoms with E-state index in [0.717, 1.165) is 28.4 Å². The van der Waals surface area contributed by atoms with Crippen molar-refractivity contribution in [2.45, 2.75) is 18.7 Å². The normalized spacial score (nSPS) is 11.0. The molecule has 0 unspecified atom stereocenters. The highest BCUT2D eigenvalue weighted by molar-refractivity contribution is 7.98. The highest BCUT2D eigenvalue weighted by Crippen LogP contribution is 2.32. The van der Waals surface area contributed by atoms with Crippen LogP contribution in [0.4, 0.5) is 11.5 Å². The summed E-state index contributed by atoms with van der Waals surface area (Å²) in [4.78, 5) is 10.3. The van der Waals surface area contributed by atoms with Crippen LogP contribution in [0.1, 0.15) is 11.1 Å². The molecule has 130 valence electrons. The summed E-state index contributed by atoms with van der Waals surface area (Å²) in [6.07, 6.45) is 7.58. The van der Waals surface area contributed by atoms with E-state index in [2.05, 4.69) is 72.9 Å². The van der Waals surface area contributed by atoms with E-state index in [9.17, 15) is 0 Å². The molecular formula is C21H20N4S. The van der Waals surface area contributed by atoms with Crippen molar-refractivity contribution in [3.63, 3.8) is 0 Å². The standard InChI is InChI=1S/C21H20N4S/c1-14-10-15(2)12-17(11-14)23-21-20(16-4-6-18(26-3)7-5-16)24-19-13-22-8-9-25(19)21/h4-13,23H,1-3H3. The zero-order valence-electron chi connectivity index (χ0n) is 15.0. The fraction of sp³-hybridized carbons (Fsp3) is 0.143. The van der Waals surface area contributed by atoms with Crippen molar-refractivity contribution in [2.24, 2.45) is 0 Å². The molecule has 0 saturated heterocycles. The average molecular weight is 360 g/mol. The second kappa shape index (κ2) is 6.84. The largest absolute Gasteiger partial charge is 0.339 e. The van der Waals surface area contributed by atoms with Gasteiger partial charge in [-0.05, 0) is 55.5 Å². The molecule has 2 aromatic carbocycles. The Balaban J connectivity index is 1.85. The first-order valence-electron chi connectivity index (χ1n) is 8.46. The smallest absolute Gasteiger partial charge is 0.157 e. The summed E-state index contributed by atoms with van der Waals surface area (Å²) in [6, 6.07) is 15.0. The molecule has 0 bridgehead atoms. The van der Waals surface area contributed by atoms with Gasteiger partial charge in [0.15, 0.2) is 5.65 Å². The minimum Gasteiger partial charge on any atom is -0.339 e. The van der Waals surface area contributed by atoms with Gasteiger partial charge in [-0.2, -0.15) is 0 Å². The third-order valence-corrected chi connectivity index (χ3v) is 5.02. The van der Waals surface area contributed by atoms with Gasteiger partial charge in [-0.15, -0.1) is 11.8 Å². The van der Waals surface area contributed by atoms with E-state index in [0.29, 0.717) is 0 Å². The third kappa shape index (κ3) is 3.18. The molecule has 0 aliphatic heterocycles. The van der Waals surface area contributed by atoms with Crippen LogP contribution in [0.15, 0.2) is 66.0 Å². The van der Waals surface area contributed by atoms with Crippen LogP contribution in [-0.2, 0) is 0 Å². The molecule has 4 aromatic rings. The van der Waals surface area contributed by atoms with Crippen molar-refractivity contribution in [3.05, 3.63) is 72.2 Å². The highest BCUT2D eigenvalue weighted by atomic mass is 32.2. The van der Waals surface area contributed by atoms with Gasteiger partial charge in [0.25, 0.3) is 0 Å². The number of aromatic nitrogens is 3. The van der Waals surface area contributed by atoms with Crippen LogP contribution < -0.4 is 5.32 Å². The minimum atomic E-state index is 0.823.